The molecule has 0 aromatic carbocycles. The molecule has 0 amide bonds. The SMILES string of the molecule is CCCCCCCCC/C=C/CC1=NC=C[N+]1(CCN)CC(=O)[O-]. The molecule has 0 saturated heterocycles. The van der Waals surface area contributed by atoms with Crippen molar-refractivity contribution in [2.75, 3.05) is 19.6 Å². The van der Waals surface area contributed by atoms with Crippen molar-refractivity contribution in [3.63, 3.8) is 0 Å². The first kappa shape index (κ1) is 20.6. The van der Waals surface area contributed by atoms with Crippen LogP contribution in [0.2, 0.25) is 0 Å². The van der Waals surface area contributed by atoms with E-state index in [4.69, 9.17) is 5.73 Å². The first-order valence-corrected chi connectivity index (χ1v) is 9.31. The summed E-state index contributed by atoms with van der Waals surface area (Å²) in [5.74, 6) is -0.241. The van der Waals surface area contributed by atoms with Crippen LogP contribution in [0.1, 0.15) is 64.7 Å². The van der Waals surface area contributed by atoms with Crippen LogP contribution < -0.4 is 10.8 Å². The summed E-state index contributed by atoms with van der Waals surface area (Å²) in [6, 6.07) is 0. The Labute approximate surface area is 146 Å². The van der Waals surface area contributed by atoms with Crippen LogP contribution in [0, 0.1) is 0 Å². The van der Waals surface area contributed by atoms with Gasteiger partial charge in [-0.15, -0.1) is 0 Å². The molecule has 1 unspecified atom stereocenters. The number of carboxylic acid groups (broad SMARTS) is 1. The van der Waals surface area contributed by atoms with Gasteiger partial charge in [-0.25, -0.2) is 9.48 Å². The smallest absolute Gasteiger partial charge is 0.211 e. The number of nitrogens with zero attached hydrogens (tertiary/aromatic N) is 2. The molecule has 1 rings (SSSR count). The van der Waals surface area contributed by atoms with Crippen LogP contribution in [0.3, 0.4) is 0 Å². The summed E-state index contributed by atoms with van der Waals surface area (Å²) in [6.07, 6.45) is 18.7. The molecule has 2 N–H and O–H groups in total. The highest BCUT2D eigenvalue weighted by Gasteiger charge is 2.33. The van der Waals surface area contributed by atoms with Gasteiger partial charge in [-0.1, -0.05) is 57.6 Å². The minimum atomic E-state index is -1.07. The van der Waals surface area contributed by atoms with Gasteiger partial charge in [0.15, 0.2) is 0 Å². The summed E-state index contributed by atoms with van der Waals surface area (Å²) in [5.41, 5.74) is 5.65. The molecular formula is C19H33N3O2. The quantitative estimate of drug-likeness (QED) is 0.301. The van der Waals surface area contributed by atoms with Gasteiger partial charge in [0, 0.05) is 6.54 Å². The number of unbranched alkanes of at least 4 members (excludes halogenated alkanes) is 7. The third-order valence-electron chi connectivity index (χ3n) is 4.47. The molecule has 0 aromatic rings. The monoisotopic (exact) mass is 335 g/mol. The number of aliphatic carboxylic acids is 1. The molecule has 0 bridgehead atoms. The average Bonchev–Trinajstić information content (AvgIpc) is 2.91. The fraction of sp³-hybridized carbons (Fsp3) is 0.684. The Hall–Kier alpha value is -1.46. The lowest BCUT2D eigenvalue weighted by Crippen LogP contribution is -2.54. The number of carboxylic acids is 1. The van der Waals surface area contributed by atoms with Crippen molar-refractivity contribution in [1.82, 2.24) is 0 Å². The normalized spacial score (nSPS) is 20.0. The van der Waals surface area contributed by atoms with Crippen LogP contribution in [0.25, 0.3) is 0 Å². The van der Waals surface area contributed by atoms with Gasteiger partial charge < -0.3 is 15.6 Å². The Balaban J connectivity index is 2.28. The third-order valence-corrected chi connectivity index (χ3v) is 4.47. The number of rotatable bonds is 14. The Bertz CT molecular complexity index is 458. The highest BCUT2D eigenvalue weighted by Crippen LogP contribution is 2.19. The molecule has 1 atom stereocenters. The minimum absolute atomic E-state index is 0.0991. The van der Waals surface area contributed by atoms with Crippen LogP contribution in [0.4, 0.5) is 0 Å². The van der Waals surface area contributed by atoms with E-state index in [-0.39, 0.29) is 11.0 Å². The van der Waals surface area contributed by atoms with E-state index in [0.717, 1.165) is 12.3 Å². The van der Waals surface area contributed by atoms with Crippen LogP contribution >= 0.6 is 0 Å². The molecular weight excluding hydrogens is 302 g/mol. The zero-order valence-electron chi connectivity index (χ0n) is 15.1. The van der Waals surface area contributed by atoms with Crippen molar-refractivity contribution in [2.45, 2.75) is 64.7 Å². The number of hydrogen-bond donors (Lipinski definition) is 1. The predicted octanol–water partition coefficient (Wildman–Crippen LogP) is 2.48. The maximum atomic E-state index is 11.0. The maximum absolute atomic E-state index is 11.0. The van der Waals surface area contributed by atoms with Gasteiger partial charge in [0.05, 0.1) is 18.6 Å². The van der Waals surface area contributed by atoms with Gasteiger partial charge >= 0.3 is 0 Å². The first-order valence-electron chi connectivity index (χ1n) is 9.31. The van der Waals surface area contributed by atoms with Gasteiger partial charge in [-0.3, -0.25) is 0 Å². The van der Waals surface area contributed by atoms with Crippen molar-refractivity contribution < 1.29 is 14.4 Å². The molecule has 0 aliphatic carbocycles. The zero-order valence-corrected chi connectivity index (χ0v) is 15.1. The lowest BCUT2D eigenvalue weighted by Gasteiger charge is -2.32. The summed E-state index contributed by atoms with van der Waals surface area (Å²) >= 11 is 0. The molecule has 0 radical (unpaired) electrons. The summed E-state index contributed by atoms with van der Waals surface area (Å²) < 4.78 is 0.195. The Morgan fingerprint density at radius 2 is 1.92 bits per heavy atom. The average molecular weight is 335 g/mol. The molecule has 0 spiro atoms. The van der Waals surface area contributed by atoms with E-state index >= 15 is 0 Å². The van der Waals surface area contributed by atoms with Crippen molar-refractivity contribution in [2.24, 2.45) is 10.7 Å². The number of amidine groups is 1. The van der Waals surface area contributed by atoms with E-state index in [0.29, 0.717) is 19.5 Å². The molecule has 1 aliphatic heterocycles. The number of nitrogens with two attached hydrogens (primary N) is 1. The molecule has 1 heterocycles. The van der Waals surface area contributed by atoms with Crippen LogP contribution in [0.15, 0.2) is 29.5 Å². The number of carbonyl (C=O) groups is 1. The molecule has 136 valence electrons. The second-order valence-electron chi connectivity index (χ2n) is 6.51. The number of carbonyl (C=O) groups excluding carboxylic acids is 1. The molecule has 0 fully saturated rings. The second-order valence-corrected chi connectivity index (χ2v) is 6.51. The number of quaternary nitrogens is 1. The lowest BCUT2D eigenvalue weighted by atomic mass is 10.1. The fourth-order valence-corrected chi connectivity index (χ4v) is 3.10. The van der Waals surface area contributed by atoms with Gasteiger partial charge in [0.1, 0.15) is 19.3 Å². The maximum Gasteiger partial charge on any atom is 0.211 e. The zero-order chi connectivity index (χ0) is 17.7. The second kappa shape index (κ2) is 12.0. The third kappa shape index (κ3) is 7.41. The van der Waals surface area contributed by atoms with E-state index < -0.39 is 5.97 Å². The molecule has 5 heteroatoms. The van der Waals surface area contributed by atoms with Gasteiger partial charge in [-0.05, 0) is 12.8 Å². The summed E-state index contributed by atoms with van der Waals surface area (Å²) in [6.45, 7) is 3.09. The van der Waals surface area contributed by atoms with E-state index in [1.54, 1.807) is 6.20 Å². The fourth-order valence-electron chi connectivity index (χ4n) is 3.10. The van der Waals surface area contributed by atoms with Gasteiger partial charge in [-0.2, -0.15) is 0 Å². The summed E-state index contributed by atoms with van der Waals surface area (Å²) in [7, 11) is 0. The summed E-state index contributed by atoms with van der Waals surface area (Å²) in [4.78, 5) is 15.4. The minimum Gasteiger partial charge on any atom is -0.544 e. The van der Waals surface area contributed by atoms with Crippen LogP contribution in [0.5, 0.6) is 0 Å². The van der Waals surface area contributed by atoms with E-state index in [2.05, 4.69) is 24.1 Å². The van der Waals surface area contributed by atoms with E-state index in [1.165, 1.54) is 44.9 Å². The largest absolute Gasteiger partial charge is 0.544 e. The highest BCUT2D eigenvalue weighted by molar-refractivity contribution is 5.82. The molecule has 24 heavy (non-hydrogen) atoms. The topological polar surface area (TPSA) is 78.5 Å². The summed E-state index contributed by atoms with van der Waals surface area (Å²) in [5, 5.41) is 11.0. The number of aliphatic imine (C=N–C) groups is 1. The Kier molecular flexibility index (Phi) is 10.3. The van der Waals surface area contributed by atoms with Crippen molar-refractivity contribution in [3.8, 4) is 0 Å². The van der Waals surface area contributed by atoms with Crippen LogP contribution in [-0.2, 0) is 4.79 Å². The number of hydrogen-bond acceptors (Lipinski definition) is 4. The standard InChI is InChI=1S/C19H33N3O2/c1-2-3-4-5-6-7-8-9-10-11-12-18-21-14-16-22(18,15-13-20)17-19(23)24/h10-11,14,16H,2-9,12-13,15,17,20H2,1H3/b11-10+. The number of allylic oxidation sites excluding steroid dienone is 1. The molecule has 0 saturated carbocycles. The van der Waals surface area contributed by atoms with Gasteiger partial charge in [0.2, 0.25) is 5.84 Å². The predicted molar refractivity (Wildman–Crippen MR) is 97.0 cm³/mol. The van der Waals surface area contributed by atoms with Crippen molar-refractivity contribution in [1.29, 1.82) is 0 Å². The lowest BCUT2D eigenvalue weighted by molar-refractivity contribution is -0.780. The van der Waals surface area contributed by atoms with E-state index in [9.17, 15) is 9.90 Å². The van der Waals surface area contributed by atoms with Crippen molar-refractivity contribution >= 4 is 11.8 Å². The molecule has 0 aromatic heterocycles. The van der Waals surface area contributed by atoms with Crippen LogP contribution in [-0.4, -0.2) is 35.9 Å². The first-order chi connectivity index (χ1) is 11.6. The highest BCUT2D eigenvalue weighted by atomic mass is 16.4. The van der Waals surface area contributed by atoms with Gasteiger partial charge in [0.25, 0.3) is 0 Å². The Morgan fingerprint density at radius 3 is 2.58 bits per heavy atom. The Morgan fingerprint density at radius 1 is 1.21 bits per heavy atom. The molecule has 5 nitrogen and oxygen atoms in total. The molecule has 1 aliphatic rings. The van der Waals surface area contributed by atoms with E-state index in [1.807, 2.05) is 6.20 Å². The van der Waals surface area contributed by atoms with Crippen molar-refractivity contribution in [3.05, 3.63) is 24.6 Å².